The number of nitrogens with zero attached hydrogens (tertiary/aromatic N) is 1. The molecular formula is C8H16NO4S2. The first-order chi connectivity index (χ1) is 7.01. The smallest absolute Gasteiger partial charge is 0.264 e. The molecule has 1 aliphatic heterocycles. The second-order valence-electron chi connectivity index (χ2n) is 3.40. The molecule has 1 unspecified atom stereocenters. The predicted octanol–water partition coefficient (Wildman–Crippen LogP) is -0.245. The molecule has 0 aromatic carbocycles. The summed E-state index contributed by atoms with van der Waals surface area (Å²) in [4.78, 5) is 2.09. The summed E-state index contributed by atoms with van der Waals surface area (Å²) in [5, 5.41) is 0. The third kappa shape index (κ3) is 5.72. The van der Waals surface area contributed by atoms with Crippen molar-refractivity contribution in [3.8, 4) is 0 Å². The van der Waals surface area contributed by atoms with Gasteiger partial charge in [-0.1, -0.05) is 0 Å². The first-order valence-electron chi connectivity index (χ1n) is 4.67. The summed E-state index contributed by atoms with van der Waals surface area (Å²) in [5.74, 6) is 1.45. The minimum atomic E-state index is -3.42. The van der Waals surface area contributed by atoms with E-state index in [1.54, 1.807) is 0 Å². The van der Waals surface area contributed by atoms with E-state index in [0.29, 0.717) is 19.8 Å². The highest BCUT2D eigenvalue weighted by Gasteiger charge is 2.19. The van der Waals surface area contributed by atoms with Gasteiger partial charge >= 0.3 is 0 Å². The van der Waals surface area contributed by atoms with Gasteiger partial charge in [-0.15, -0.1) is 0 Å². The van der Waals surface area contributed by atoms with Gasteiger partial charge in [0.2, 0.25) is 0 Å². The molecule has 0 N–H and O–H groups in total. The molecule has 1 atom stereocenters. The van der Waals surface area contributed by atoms with Crippen molar-refractivity contribution in [3.63, 3.8) is 0 Å². The van der Waals surface area contributed by atoms with E-state index < -0.39 is 16.2 Å². The lowest BCUT2D eigenvalue weighted by molar-refractivity contribution is 0.0254. The van der Waals surface area contributed by atoms with E-state index in [2.05, 4.69) is 17.5 Å². The predicted molar refractivity (Wildman–Crippen MR) is 60.3 cm³/mol. The van der Waals surface area contributed by atoms with Gasteiger partial charge in [0, 0.05) is 25.4 Å². The molecule has 1 fully saturated rings. The lowest BCUT2D eigenvalue weighted by atomic mass is 10.3. The third-order valence-corrected chi connectivity index (χ3v) is 2.94. The number of hydrogen-bond donors (Lipinski definition) is 1. The van der Waals surface area contributed by atoms with Gasteiger partial charge in [-0.05, 0) is 0 Å². The zero-order chi connectivity index (χ0) is 11.3. The molecule has 5 nitrogen and oxygen atoms in total. The molecule has 0 amide bonds. The highest BCUT2D eigenvalue weighted by atomic mass is 32.2. The van der Waals surface area contributed by atoms with Crippen LogP contribution in [0.2, 0.25) is 0 Å². The lowest BCUT2D eigenvalue weighted by Gasteiger charge is -2.29. The number of hydrogen-bond acceptors (Lipinski definition) is 6. The summed E-state index contributed by atoms with van der Waals surface area (Å²) in [5.41, 5.74) is 0. The molecule has 0 bridgehead atoms. The Balaban J connectivity index is 2.38. The van der Waals surface area contributed by atoms with Crippen LogP contribution in [-0.4, -0.2) is 58.5 Å². The zero-order valence-electron chi connectivity index (χ0n) is 8.63. The lowest BCUT2D eigenvalue weighted by Crippen LogP contribution is -2.41. The molecular weight excluding hydrogens is 238 g/mol. The van der Waals surface area contributed by atoms with Gasteiger partial charge in [-0.2, -0.15) is 21.0 Å². The average molecular weight is 254 g/mol. The summed E-state index contributed by atoms with van der Waals surface area (Å²) in [6.45, 7) is 3.48. The molecule has 1 rings (SSSR count). The zero-order valence-corrected chi connectivity index (χ0v) is 10.3. The molecule has 7 heteroatoms. The Hall–Kier alpha value is 0.180. The van der Waals surface area contributed by atoms with Gasteiger partial charge in [0.25, 0.3) is 10.1 Å². The van der Waals surface area contributed by atoms with Crippen molar-refractivity contribution in [2.45, 2.75) is 6.10 Å². The molecule has 1 radical (unpaired) electrons. The van der Waals surface area contributed by atoms with Crippen LogP contribution in [0.3, 0.4) is 0 Å². The third-order valence-electron chi connectivity index (χ3n) is 2.01. The van der Waals surface area contributed by atoms with Crippen molar-refractivity contribution in [1.82, 2.24) is 4.90 Å². The SMILES string of the molecule is CS(=O)(=O)OC([CH]S)CN1CCOCC1. The fourth-order valence-corrected chi connectivity index (χ4v) is 2.17. The minimum Gasteiger partial charge on any atom is -0.379 e. The molecule has 1 heterocycles. The topological polar surface area (TPSA) is 55.8 Å². The Morgan fingerprint density at radius 2 is 2.13 bits per heavy atom. The first kappa shape index (κ1) is 13.2. The number of rotatable bonds is 5. The van der Waals surface area contributed by atoms with Crippen molar-refractivity contribution in [3.05, 3.63) is 5.75 Å². The van der Waals surface area contributed by atoms with E-state index in [9.17, 15) is 8.42 Å². The van der Waals surface area contributed by atoms with Crippen molar-refractivity contribution in [1.29, 1.82) is 0 Å². The maximum Gasteiger partial charge on any atom is 0.264 e. The van der Waals surface area contributed by atoms with Crippen LogP contribution >= 0.6 is 12.6 Å². The van der Waals surface area contributed by atoms with Gasteiger partial charge in [-0.25, -0.2) is 0 Å². The van der Waals surface area contributed by atoms with Gasteiger partial charge < -0.3 is 4.74 Å². The average Bonchev–Trinajstić information content (AvgIpc) is 2.16. The van der Waals surface area contributed by atoms with Gasteiger partial charge in [0.05, 0.1) is 19.5 Å². The van der Waals surface area contributed by atoms with Gasteiger partial charge in [0.1, 0.15) is 6.10 Å². The summed E-state index contributed by atoms with van der Waals surface area (Å²) >= 11 is 3.95. The number of ether oxygens (including phenoxy) is 1. The summed E-state index contributed by atoms with van der Waals surface area (Å²) in [6, 6.07) is 0. The van der Waals surface area contributed by atoms with Crippen LogP contribution in [-0.2, 0) is 19.0 Å². The fraction of sp³-hybridized carbons (Fsp3) is 0.875. The van der Waals surface area contributed by atoms with E-state index in [1.165, 1.54) is 5.75 Å². The molecule has 1 saturated heterocycles. The summed E-state index contributed by atoms with van der Waals surface area (Å²) < 4.78 is 31.9. The Bertz CT molecular complexity index is 274. The monoisotopic (exact) mass is 254 g/mol. The second kappa shape index (κ2) is 6.05. The first-order valence-corrected chi connectivity index (χ1v) is 7.00. The Labute approximate surface area is 96.3 Å². The van der Waals surface area contributed by atoms with Gasteiger partial charge in [0.15, 0.2) is 0 Å². The number of thiol groups is 1. The molecule has 0 aliphatic carbocycles. The molecule has 15 heavy (non-hydrogen) atoms. The van der Waals surface area contributed by atoms with Crippen molar-refractivity contribution >= 4 is 22.7 Å². The van der Waals surface area contributed by atoms with Crippen LogP contribution in [0.15, 0.2) is 0 Å². The van der Waals surface area contributed by atoms with E-state index in [1.807, 2.05) is 0 Å². The van der Waals surface area contributed by atoms with Crippen LogP contribution in [0.4, 0.5) is 0 Å². The molecule has 89 valence electrons. The second-order valence-corrected chi connectivity index (χ2v) is 5.30. The molecule has 1 aliphatic rings. The van der Waals surface area contributed by atoms with Crippen LogP contribution in [0, 0.1) is 5.75 Å². The van der Waals surface area contributed by atoms with E-state index in [-0.39, 0.29) is 0 Å². The van der Waals surface area contributed by atoms with Crippen molar-refractivity contribution < 1.29 is 17.3 Å². The van der Waals surface area contributed by atoms with Crippen LogP contribution in [0.25, 0.3) is 0 Å². The molecule has 0 spiro atoms. The van der Waals surface area contributed by atoms with E-state index >= 15 is 0 Å². The quantitative estimate of drug-likeness (QED) is 0.542. The molecule has 0 saturated carbocycles. The maximum absolute atomic E-state index is 10.9. The van der Waals surface area contributed by atoms with Crippen molar-refractivity contribution in [2.24, 2.45) is 0 Å². The highest BCUT2D eigenvalue weighted by Crippen LogP contribution is 2.08. The van der Waals surface area contributed by atoms with E-state index in [4.69, 9.17) is 8.92 Å². The van der Waals surface area contributed by atoms with Crippen LogP contribution in [0.5, 0.6) is 0 Å². The standard InChI is InChI=1S/C8H16NO4S2/c1-15(10,11)13-8(7-14)6-9-2-4-12-5-3-9/h7-8,14H,2-6H2,1H3. The van der Waals surface area contributed by atoms with E-state index in [0.717, 1.165) is 19.3 Å². The minimum absolute atomic E-state index is 0.499. The highest BCUT2D eigenvalue weighted by molar-refractivity contribution is 7.86. The van der Waals surface area contributed by atoms with Crippen molar-refractivity contribution in [2.75, 3.05) is 39.1 Å². The molecule has 0 aromatic rings. The fourth-order valence-electron chi connectivity index (χ4n) is 1.37. The largest absolute Gasteiger partial charge is 0.379 e. The Morgan fingerprint density at radius 3 is 2.60 bits per heavy atom. The van der Waals surface area contributed by atoms with Crippen LogP contribution < -0.4 is 0 Å². The normalized spacial score (nSPS) is 21.5. The van der Waals surface area contributed by atoms with Gasteiger partial charge in [-0.3, -0.25) is 9.08 Å². The Kier molecular flexibility index (Phi) is 5.34. The summed E-state index contributed by atoms with van der Waals surface area (Å²) in [7, 11) is -3.42. The van der Waals surface area contributed by atoms with Crippen LogP contribution in [0.1, 0.15) is 0 Å². The summed E-state index contributed by atoms with van der Waals surface area (Å²) in [6.07, 6.45) is 0.540. The maximum atomic E-state index is 10.9. The number of morpholine rings is 1. The molecule has 0 aromatic heterocycles. The Morgan fingerprint density at radius 1 is 1.53 bits per heavy atom.